The molecule has 5 nitrogen and oxygen atoms in total. The zero-order valence-electron chi connectivity index (χ0n) is 17.7. The average Bonchev–Trinajstić information content (AvgIpc) is 3.27. The summed E-state index contributed by atoms with van der Waals surface area (Å²) >= 11 is 0. The molecule has 3 rings (SSSR count). The van der Waals surface area contributed by atoms with E-state index in [4.69, 9.17) is 18.9 Å². The third-order valence-corrected chi connectivity index (χ3v) is 5.57. The second-order valence-corrected chi connectivity index (χ2v) is 8.26. The smallest absolute Gasteiger partial charge is 0.170 e. The van der Waals surface area contributed by atoms with Gasteiger partial charge in [-0.2, -0.15) is 0 Å². The van der Waals surface area contributed by atoms with E-state index >= 15 is 0 Å². The van der Waals surface area contributed by atoms with Crippen molar-refractivity contribution in [1.82, 2.24) is 4.90 Å². The second-order valence-electron chi connectivity index (χ2n) is 8.26. The Morgan fingerprint density at radius 2 is 1.73 bits per heavy atom. The van der Waals surface area contributed by atoms with Crippen LogP contribution in [0.2, 0.25) is 0 Å². The predicted octanol–water partition coefficient (Wildman–Crippen LogP) is 4.06. The topological polar surface area (TPSA) is 40.2 Å². The molecular weight excluding hydrogens is 330 g/mol. The molecule has 0 N–H and O–H groups in total. The molecule has 2 aliphatic heterocycles. The van der Waals surface area contributed by atoms with Crippen molar-refractivity contribution in [2.24, 2.45) is 11.8 Å². The maximum atomic E-state index is 6.35. The number of hydrogen-bond acceptors (Lipinski definition) is 5. The average molecular weight is 372 g/mol. The van der Waals surface area contributed by atoms with E-state index in [0.29, 0.717) is 0 Å². The van der Waals surface area contributed by atoms with Crippen LogP contribution < -0.4 is 0 Å². The Balaban J connectivity index is 0.00000117. The van der Waals surface area contributed by atoms with Gasteiger partial charge in [-0.1, -0.05) is 27.7 Å². The van der Waals surface area contributed by atoms with Gasteiger partial charge in [0.1, 0.15) is 0 Å². The van der Waals surface area contributed by atoms with Crippen molar-refractivity contribution in [2.45, 2.75) is 84.4 Å². The van der Waals surface area contributed by atoms with Gasteiger partial charge in [-0.05, 0) is 44.6 Å². The first-order valence-electron chi connectivity index (χ1n) is 10.8. The highest BCUT2D eigenvalue weighted by molar-refractivity contribution is 4.85. The molecule has 0 bridgehead atoms. The summed E-state index contributed by atoms with van der Waals surface area (Å²) in [5, 5.41) is 0. The lowest BCUT2D eigenvalue weighted by atomic mass is 9.81. The van der Waals surface area contributed by atoms with Gasteiger partial charge in [0.15, 0.2) is 12.1 Å². The molecule has 1 unspecified atom stereocenters. The summed E-state index contributed by atoms with van der Waals surface area (Å²) in [6, 6.07) is 0. The van der Waals surface area contributed by atoms with Crippen molar-refractivity contribution < 1.29 is 18.9 Å². The van der Waals surface area contributed by atoms with E-state index in [1.807, 2.05) is 13.8 Å². The molecular formula is C21H41NO4. The number of likely N-dealkylation sites (N-methyl/N-ethyl adjacent to an activating group) is 1. The molecule has 1 spiro atoms. The van der Waals surface area contributed by atoms with E-state index in [2.05, 4.69) is 25.8 Å². The highest BCUT2D eigenvalue weighted by Gasteiger charge is 2.44. The van der Waals surface area contributed by atoms with Crippen molar-refractivity contribution in [1.29, 1.82) is 0 Å². The van der Waals surface area contributed by atoms with E-state index < -0.39 is 0 Å². The van der Waals surface area contributed by atoms with Crippen LogP contribution in [0.5, 0.6) is 0 Å². The Labute approximate surface area is 160 Å². The summed E-state index contributed by atoms with van der Waals surface area (Å²) in [5.74, 6) is 1.39. The minimum Gasteiger partial charge on any atom is -0.349 e. The minimum absolute atomic E-state index is 0.0571. The molecule has 5 heteroatoms. The SMILES string of the molecule is CC.CC(C)CC1CCC2(CC1)OCC(CCN(C)CC1OCCO1)O2. The van der Waals surface area contributed by atoms with Gasteiger partial charge in [0, 0.05) is 25.9 Å². The van der Waals surface area contributed by atoms with Gasteiger partial charge in [-0.3, -0.25) is 0 Å². The molecule has 26 heavy (non-hydrogen) atoms. The van der Waals surface area contributed by atoms with Crippen LogP contribution in [-0.4, -0.2) is 63.0 Å². The Morgan fingerprint density at radius 1 is 1.08 bits per heavy atom. The van der Waals surface area contributed by atoms with Crippen LogP contribution in [0.15, 0.2) is 0 Å². The molecule has 2 heterocycles. The van der Waals surface area contributed by atoms with Crippen LogP contribution >= 0.6 is 0 Å². The monoisotopic (exact) mass is 371 g/mol. The van der Waals surface area contributed by atoms with Crippen molar-refractivity contribution >= 4 is 0 Å². The van der Waals surface area contributed by atoms with Crippen LogP contribution in [0.3, 0.4) is 0 Å². The molecule has 3 fully saturated rings. The van der Waals surface area contributed by atoms with Gasteiger partial charge >= 0.3 is 0 Å². The Bertz CT molecular complexity index is 376. The molecule has 0 aromatic carbocycles. The third-order valence-electron chi connectivity index (χ3n) is 5.57. The zero-order valence-corrected chi connectivity index (χ0v) is 17.7. The van der Waals surface area contributed by atoms with Gasteiger partial charge in [-0.15, -0.1) is 0 Å². The lowest BCUT2D eigenvalue weighted by molar-refractivity contribution is -0.193. The zero-order chi connectivity index (χ0) is 19.0. The van der Waals surface area contributed by atoms with E-state index in [-0.39, 0.29) is 18.2 Å². The van der Waals surface area contributed by atoms with Gasteiger partial charge in [-0.25, -0.2) is 0 Å². The Hall–Kier alpha value is -0.200. The summed E-state index contributed by atoms with van der Waals surface area (Å²) in [5.41, 5.74) is 0. The Kier molecular flexibility index (Phi) is 9.31. The predicted molar refractivity (Wildman–Crippen MR) is 104 cm³/mol. The van der Waals surface area contributed by atoms with Crippen LogP contribution in [0.25, 0.3) is 0 Å². The van der Waals surface area contributed by atoms with Crippen LogP contribution in [0.1, 0.15) is 66.2 Å². The fourth-order valence-corrected chi connectivity index (χ4v) is 4.26. The molecule has 154 valence electrons. The normalized spacial score (nSPS) is 32.4. The highest BCUT2D eigenvalue weighted by Crippen LogP contribution is 2.42. The van der Waals surface area contributed by atoms with Gasteiger partial charge in [0.05, 0.1) is 25.9 Å². The first-order chi connectivity index (χ1) is 12.5. The summed E-state index contributed by atoms with van der Waals surface area (Å²) in [7, 11) is 2.12. The van der Waals surface area contributed by atoms with Gasteiger partial charge < -0.3 is 23.8 Å². The lowest BCUT2D eigenvalue weighted by Crippen LogP contribution is -2.37. The summed E-state index contributed by atoms with van der Waals surface area (Å²) < 4.78 is 23.5. The molecule has 1 saturated carbocycles. The van der Waals surface area contributed by atoms with Crippen molar-refractivity contribution in [2.75, 3.05) is 40.0 Å². The van der Waals surface area contributed by atoms with E-state index in [1.54, 1.807) is 0 Å². The first kappa shape index (κ1) is 22.1. The maximum Gasteiger partial charge on any atom is 0.170 e. The molecule has 0 radical (unpaired) electrons. The standard InChI is InChI=1S/C19H35NO4.C2H6/c1-15(2)12-16-4-7-19(8-5-16)23-14-17(24-19)6-9-20(3)13-18-21-10-11-22-18;1-2/h15-18H,4-14H2,1-3H3;1-2H3. The number of hydrogen-bond donors (Lipinski definition) is 0. The summed E-state index contributed by atoms with van der Waals surface area (Å²) in [6.45, 7) is 12.6. The maximum absolute atomic E-state index is 6.35. The van der Waals surface area contributed by atoms with E-state index in [0.717, 1.165) is 64.0 Å². The summed E-state index contributed by atoms with van der Waals surface area (Å²) in [6.07, 6.45) is 7.18. The first-order valence-corrected chi connectivity index (χ1v) is 10.8. The van der Waals surface area contributed by atoms with Crippen molar-refractivity contribution in [3.8, 4) is 0 Å². The molecule has 2 saturated heterocycles. The molecule has 3 aliphatic rings. The summed E-state index contributed by atoms with van der Waals surface area (Å²) in [4.78, 5) is 2.27. The molecule has 0 aromatic heterocycles. The van der Waals surface area contributed by atoms with Crippen LogP contribution in [0, 0.1) is 11.8 Å². The van der Waals surface area contributed by atoms with E-state index in [9.17, 15) is 0 Å². The number of rotatable bonds is 7. The van der Waals surface area contributed by atoms with Crippen molar-refractivity contribution in [3.63, 3.8) is 0 Å². The fourth-order valence-electron chi connectivity index (χ4n) is 4.26. The van der Waals surface area contributed by atoms with Crippen LogP contribution in [-0.2, 0) is 18.9 Å². The van der Waals surface area contributed by atoms with Crippen LogP contribution in [0.4, 0.5) is 0 Å². The highest BCUT2D eigenvalue weighted by atomic mass is 16.7. The second kappa shape index (κ2) is 11.0. The lowest BCUT2D eigenvalue weighted by Gasteiger charge is -2.36. The van der Waals surface area contributed by atoms with Gasteiger partial charge in [0.25, 0.3) is 0 Å². The molecule has 0 amide bonds. The molecule has 1 aliphatic carbocycles. The minimum atomic E-state index is -0.269. The third kappa shape index (κ3) is 6.75. The molecule has 0 aromatic rings. The Morgan fingerprint density at radius 3 is 2.35 bits per heavy atom. The number of ether oxygens (including phenoxy) is 4. The quantitative estimate of drug-likeness (QED) is 0.675. The number of nitrogens with zero attached hydrogens (tertiary/aromatic N) is 1. The largest absolute Gasteiger partial charge is 0.349 e. The fraction of sp³-hybridized carbons (Fsp3) is 1.00. The van der Waals surface area contributed by atoms with Crippen molar-refractivity contribution in [3.05, 3.63) is 0 Å². The molecule has 1 atom stereocenters. The van der Waals surface area contributed by atoms with E-state index in [1.165, 1.54) is 19.3 Å². The van der Waals surface area contributed by atoms with Gasteiger partial charge in [0.2, 0.25) is 0 Å².